The Morgan fingerprint density at radius 1 is 1.05 bits per heavy atom. The highest BCUT2D eigenvalue weighted by molar-refractivity contribution is 6.30. The van der Waals surface area contributed by atoms with E-state index in [1.165, 1.54) is 11.9 Å². The summed E-state index contributed by atoms with van der Waals surface area (Å²) in [7, 11) is 0. The van der Waals surface area contributed by atoms with Crippen LogP contribution in [0.25, 0.3) is 11.3 Å². The van der Waals surface area contributed by atoms with Crippen molar-refractivity contribution in [2.24, 2.45) is 5.92 Å². The lowest BCUT2D eigenvalue weighted by Gasteiger charge is -2.31. The monoisotopic (exact) mass is 517 g/mol. The van der Waals surface area contributed by atoms with E-state index in [4.69, 9.17) is 16.0 Å². The number of piperidine rings is 1. The number of aromatic nitrogens is 3. The summed E-state index contributed by atoms with van der Waals surface area (Å²) in [6.45, 7) is 3.67. The first-order chi connectivity index (χ1) is 18.0. The predicted octanol–water partition coefficient (Wildman–Crippen LogP) is 5.49. The minimum absolute atomic E-state index is 0.0628. The second-order valence-corrected chi connectivity index (χ2v) is 9.80. The molecule has 1 aliphatic heterocycles. The van der Waals surface area contributed by atoms with Gasteiger partial charge in [-0.25, -0.2) is 4.98 Å². The van der Waals surface area contributed by atoms with E-state index in [-0.39, 0.29) is 17.7 Å². The molecule has 1 unspecified atom stereocenters. The van der Waals surface area contributed by atoms with Gasteiger partial charge >= 0.3 is 0 Å². The molecule has 0 saturated carbocycles. The summed E-state index contributed by atoms with van der Waals surface area (Å²) in [6.07, 6.45) is 4.80. The van der Waals surface area contributed by atoms with Gasteiger partial charge in [0.2, 0.25) is 5.91 Å². The smallest absolute Gasteiger partial charge is 0.289 e. The Morgan fingerprint density at radius 3 is 2.46 bits per heavy atom. The van der Waals surface area contributed by atoms with Crippen molar-refractivity contribution in [3.63, 3.8) is 0 Å². The Bertz CT molecular complexity index is 1340. The summed E-state index contributed by atoms with van der Waals surface area (Å²) in [4.78, 5) is 31.3. The highest BCUT2D eigenvalue weighted by Gasteiger charge is 2.26. The molecule has 37 heavy (non-hydrogen) atoms. The van der Waals surface area contributed by atoms with Gasteiger partial charge in [0.1, 0.15) is 18.4 Å². The molecule has 1 atom stereocenters. The Morgan fingerprint density at radius 2 is 1.78 bits per heavy atom. The molecule has 9 heteroatoms. The molecular weight excluding hydrogens is 490 g/mol. The molecule has 1 saturated heterocycles. The van der Waals surface area contributed by atoms with Gasteiger partial charge < -0.3 is 14.6 Å². The van der Waals surface area contributed by atoms with Gasteiger partial charge in [0, 0.05) is 29.4 Å². The van der Waals surface area contributed by atoms with Crippen LogP contribution in [0.3, 0.4) is 0 Å². The van der Waals surface area contributed by atoms with Crippen molar-refractivity contribution in [3.05, 3.63) is 89.7 Å². The number of amides is 2. The lowest BCUT2D eigenvalue weighted by molar-refractivity contribution is -0.119. The van der Waals surface area contributed by atoms with E-state index in [9.17, 15) is 9.59 Å². The number of furan rings is 1. The van der Waals surface area contributed by atoms with Gasteiger partial charge in [-0.2, -0.15) is 5.10 Å². The zero-order chi connectivity index (χ0) is 25.8. The van der Waals surface area contributed by atoms with Gasteiger partial charge in [0.05, 0.1) is 12.5 Å². The number of rotatable bonds is 7. The van der Waals surface area contributed by atoms with Gasteiger partial charge in [-0.15, -0.1) is 0 Å². The first-order valence-electron chi connectivity index (χ1n) is 12.3. The van der Waals surface area contributed by atoms with Crippen LogP contribution in [0.2, 0.25) is 5.02 Å². The molecule has 8 nitrogen and oxygen atoms in total. The lowest BCUT2D eigenvalue weighted by Crippen LogP contribution is -2.37. The van der Waals surface area contributed by atoms with E-state index in [0.29, 0.717) is 42.1 Å². The maximum absolute atomic E-state index is 13.0. The van der Waals surface area contributed by atoms with E-state index in [2.05, 4.69) is 27.5 Å². The van der Waals surface area contributed by atoms with Crippen LogP contribution < -0.4 is 5.32 Å². The fraction of sp³-hybridized carbons (Fsp3) is 0.286. The predicted molar refractivity (Wildman–Crippen MR) is 141 cm³/mol. The summed E-state index contributed by atoms with van der Waals surface area (Å²) < 4.78 is 7.50. The number of benzene rings is 2. The van der Waals surface area contributed by atoms with Crippen molar-refractivity contribution in [1.82, 2.24) is 19.7 Å². The van der Waals surface area contributed by atoms with Gasteiger partial charge in [-0.3, -0.25) is 14.3 Å². The average molecular weight is 518 g/mol. The zero-order valence-electron chi connectivity index (χ0n) is 20.5. The van der Waals surface area contributed by atoms with E-state index in [1.807, 2.05) is 42.2 Å². The second kappa shape index (κ2) is 11.0. The highest BCUT2D eigenvalue weighted by atomic mass is 35.5. The molecule has 190 valence electrons. The summed E-state index contributed by atoms with van der Waals surface area (Å²) in [5.41, 5.74) is 2.86. The van der Waals surface area contributed by atoms with Gasteiger partial charge in [0.15, 0.2) is 5.76 Å². The average Bonchev–Trinajstić information content (AvgIpc) is 3.62. The number of anilines is 1. The minimum Gasteiger partial charge on any atom is -0.451 e. The third-order valence-electron chi connectivity index (χ3n) is 6.75. The van der Waals surface area contributed by atoms with Crippen molar-refractivity contribution in [1.29, 1.82) is 0 Å². The van der Waals surface area contributed by atoms with Crippen LogP contribution in [0.4, 0.5) is 5.69 Å². The third kappa shape index (κ3) is 5.91. The summed E-state index contributed by atoms with van der Waals surface area (Å²) >= 11 is 5.96. The van der Waals surface area contributed by atoms with Crippen LogP contribution in [0.15, 0.2) is 77.7 Å². The van der Waals surface area contributed by atoms with Crippen LogP contribution in [0, 0.1) is 5.92 Å². The largest absolute Gasteiger partial charge is 0.451 e. The fourth-order valence-corrected chi connectivity index (χ4v) is 4.71. The van der Waals surface area contributed by atoms with Crippen molar-refractivity contribution in [2.75, 3.05) is 18.4 Å². The van der Waals surface area contributed by atoms with Crippen LogP contribution >= 0.6 is 11.6 Å². The highest BCUT2D eigenvalue weighted by Crippen LogP contribution is 2.30. The first-order valence-corrected chi connectivity index (χ1v) is 12.7. The van der Waals surface area contributed by atoms with E-state index in [1.54, 1.807) is 29.2 Å². The van der Waals surface area contributed by atoms with Crippen LogP contribution in [0.5, 0.6) is 0 Å². The fourth-order valence-electron chi connectivity index (χ4n) is 4.59. The zero-order valence-corrected chi connectivity index (χ0v) is 21.3. The number of likely N-dealkylation sites (tertiary alicyclic amines) is 1. The third-order valence-corrected chi connectivity index (χ3v) is 7.00. The molecule has 0 radical (unpaired) electrons. The van der Waals surface area contributed by atoms with Crippen molar-refractivity contribution in [2.45, 2.75) is 32.2 Å². The molecule has 2 aromatic carbocycles. The quantitative estimate of drug-likeness (QED) is 0.350. The molecule has 2 aromatic heterocycles. The van der Waals surface area contributed by atoms with Crippen LogP contribution in [-0.2, 0) is 11.3 Å². The maximum atomic E-state index is 13.0. The summed E-state index contributed by atoms with van der Waals surface area (Å²) in [5, 5.41) is 7.68. The summed E-state index contributed by atoms with van der Waals surface area (Å²) in [6, 6.07) is 18.9. The first kappa shape index (κ1) is 24.8. The van der Waals surface area contributed by atoms with Gasteiger partial charge in [-0.1, -0.05) is 30.7 Å². The number of nitrogens with one attached hydrogen (secondary N) is 1. The molecule has 1 N–H and O–H groups in total. The topological polar surface area (TPSA) is 93.3 Å². The molecule has 1 aliphatic rings. The van der Waals surface area contributed by atoms with Crippen LogP contribution in [-0.4, -0.2) is 44.6 Å². The van der Waals surface area contributed by atoms with E-state index >= 15 is 0 Å². The normalized spacial score (nSPS) is 14.9. The molecule has 4 aromatic rings. The Hall–Kier alpha value is -3.91. The Balaban J connectivity index is 1.13. The molecule has 0 spiro atoms. The van der Waals surface area contributed by atoms with Crippen molar-refractivity contribution >= 4 is 29.1 Å². The molecule has 3 heterocycles. The standard InChI is InChI=1S/C28H28ClN5O3/c1-19(16-34-18-30-17-31-34)27(35)32-24-8-4-20(5-9-24)21-12-14-33(15-13-21)28(36)26-11-10-25(37-26)22-2-6-23(29)7-3-22/h2-11,17-19,21H,12-16H2,1H3,(H,32,35). The molecular formula is C28H28ClN5O3. The minimum atomic E-state index is -0.236. The lowest BCUT2D eigenvalue weighted by atomic mass is 9.89. The number of hydrogen-bond donors (Lipinski definition) is 1. The van der Waals surface area contributed by atoms with Gasteiger partial charge in [0.25, 0.3) is 5.91 Å². The summed E-state index contributed by atoms with van der Waals surface area (Å²) in [5.74, 6) is 0.973. The number of hydrogen-bond acceptors (Lipinski definition) is 5. The number of nitrogens with zero attached hydrogens (tertiary/aromatic N) is 4. The molecule has 2 amide bonds. The van der Waals surface area contributed by atoms with Gasteiger partial charge in [-0.05, 0) is 72.9 Å². The molecule has 0 aliphatic carbocycles. The Labute approximate surface area is 220 Å². The van der Waals surface area contributed by atoms with E-state index in [0.717, 1.165) is 24.1 Å². The molecule has 0 bridgehead atoms. The van der Waals surface area contributed by atoms with Crippen molar-refractivity contribution in [3.8, 4) is 11.3 Å². The molecule has 1 fully saturated rings. The molecule has 5 rings (SSSR count). The SMILES string of the molecule is CC(Cn1cncn1)C(=O)Nc1ccc(C2CCN(C(=O)c3ccc(-c4ccc(Cl)cc4)o3)CC2)cc1. The number of carbonyl (C=O) groups is 2. The van der Waals surface area contributed by atoms with Crippen molar-refractivity contribution < 1.29 is 14.0 Å². The number of carbonyl (C=O) groups excluding carboxylic acids is 2. The number of halogens is 1. The van der Waals surface area contributed by atoms with E-state index < -0.39 is 0 Å². The Kier molecular flexibility index (Phi) is 7.37. The second-order valence-electron chi connectivity index (χ2n) is 9.37. The van der Waals surface area contributed by atoms with Crippen LogP contribution in [0.1, 0.15) is 41.8 Å². The maximum Gasteiger partial charge on any atom is 0.289 e.